The first-order chi connectivity index (χ1) is 26.3. The van der Waals surface area contributed by atoms with Gasteiger partial charge in [-0.2, -0.15) is 0 Å². The Bertz CT molecular complexity index is 926. The molecule has 8 unspecified atom stereocenters. The van der Waals surface area contributed by atoms with Gasteiger partial charge in [0, 0.05) is 13.2 Å². The van der Waals surface area contributed by atoms with Crippen LogP contribution in [0.2, 0.25) is 0 Å². The largest absolute Gasteiger partial charge is 0.756 e. The number of nitrogens with zero attached hydrogens (tertiary/aromatic N) is 1. The SMILES string of the molecule is CC(C)CCCC(C)CCCC(C)CCCC(C)CCOCC(COP(=O)([O-])OCC[N+](C)(C)C)OCCC(C)CCCC(C)CCCC(C)CCCC(C)C. The summed E-state index contributed by atoms with van der Waals surface area (Å²) in [6.45, 7) is 25.8. The Kier molecular flexibility index (Phi) is 33.7. The van der Waals surface area contributed by atoms with Crippen molar-refractivity contribution in [3.8, 4) is 0 Å². The van der Waals surface area contributed by atoms with Crippen molar-refractivity contribution in [2.75, 3.05) is 60.7 Å². The van der Waals surface area contributed by atoms with Crippen LogP contribution in [-0.2, 0) is 23.1 Å². The van der Waals surface area contributed by atoms with Gasteiger partial charge in [0.1, 0.15) is 19.3 Å². The van der Waals surface area contributed by atoms with E-state index < -0.39 is 13.9 Å². The second-order valence-corrected chi connectivity index (χ2v) is 22.2. The second kappa shape index (κ2) is 33.7. The highest BCUT2D eigenvalue weighted by atomic mass is 31.2. The fraction of sp³-hybridized carbons (Fsp3) is 1.00. The van der Waals surface area contributed by atoms with Crippen molar-refractivity contribution >= 4 is 7.82 Å². The van der Waals surface area contributed by atoms with Crippen molar-refractivity contribution in [2.24, 2.45) is 47.3 Å². The van der Waals surface area contributed by atoms with Crippen LogP contribution >= 0.6 is 7.82 Å². The number of hydrogen-bond donors (Lipinski definition) is 0. The number of quaternary nitrogens is 1. The molecule has 8 atom stereocenters. The third kappa shape index (κ3) is 38.2. The zero-order valence-corrected chi connectivity index (χ0v) is 40.8. The second-order valence-electron chi connectivity index (χ2n) is 20.7. The molecule has 0 aliphatic rings. The predicted molar refractivity (Wildman–Crippen MR) is 240 cm³/mol. The van der Waals surface area contributed by atoms with Gasteiger partial charge in [-0.25, -0.2) is 0 Å². The zero-order chi connectivity index (χ0) is 42.4. The minimum absolute atomic E-state index is 0.0858. The maximum atomic E-state index is 12.5. The minimum atomic E-state index is -4.42. The molecule has 0 saturated carbocycles. The van der Waals surface area contributed by atoms with Crippen molar-refractivity contribution in [2.45, 2.75) is 204 Å². The van der Waals surface area contributed by atoms with Gasteiger partial charge in [-0.15, -0.1) is 0 Å². The molecule has 0 saturated heterocycles. The molecule has 0 aliphatic heterocycles. The first kappa shape index (κ1) is 56.0. The topological polar surface area (TPSA) is 77.1 Å². The van der Waals surface area contributed by atoms with Crippen LogP contribution in [0.25, 0.3) is 0 Å². The van der Waals surface area contributed by atoms with E-state index in [2.05, 4.69) is 69.2 Å². The summed E-state index contributed by atoms with van der Waals surface area (Å²) in [7, 11) is 1.58. The summed E-state index contributed by atoms with van der Waals surface area (Å²) in [6, 6.07) is 0. The maximum absolute atomic E-state index is 12.5. The van der Waals surface area contributed by atoms with Crippen molar-refractivity contribution in [1.29, 1.82) is 0 Å². The van der Waals surface area contributed by atoms with Crippen LogP contribution < -0.4 is 4.89 Å². The van der Waals surface area contributed by atoms with Crippen LogP contribution in [-0.4, -0.2) is 71.3 Å². The first-order valence-electron chi connectivity index (χ1n) is 23.9. The molecule has 0 rings (SSSR count). The highest BCUT2D eigenvalue weighted by Gasteiger charge is 2.19. The summed E-state index contributed by atoms with van der Waals surface area (Å²) in [5.41, 5.74) is 0. The molecule has 338 valence electrons. The number of ether oxygens (including phenoxy) is 2. The monoisotopic (exact) mass is 818 g/mol. The van der Waals surface area contributed by atoms with Gasteiger partial charge < -0.3 is 27.9 Å². The molecule has 0 heterocycles. The Morgan fingerprint density at radius 3 is 1.14 bits per heavy atom. The van der Waals surface area contributed by atoms with Crippen molar-refractivity contribution < 1.29 is 32.5 Å². The Hall–Kier alpha value is -0.0100. The third-order valence-electron chi connectivity index (χ3n) is 12.0. The first-order valence-corrected chi connectivity index (χ1v) is 25.3. The van der Waals surface area contributed by atoms with Crippen LogP contribution in [0.3, 0.4) is 0 Å². The molecule has 8 heteroatoms. The smallest absolute Gasteiger partial charge is 0.268 e. The summed E-state index contributed by atoms with van der Waals surface area (Å²) in [6.07, 6.45) is 25.4. The molecule has 7 nitrogen and oxygen atoms in total. The molecule has 0 radical (unpaired) electrons. The average molecular weight is 818 g/mol. The molecule has 0 aromatic carbocycles. The number of phosphoric acid groups is 1. The van der Waals surface area contributed by atoms with Gasteiger partial charge in [-0.3, -0.25) is 4.57 Å². The summed E-state index contributed by atoms with van der Waals surface area (Å²) < 4.78 is 35.9. The van der Waals surface area contributed by atoms with E-state index in [-0.39, 0.29) is 13.2 Å². The Labute approximate surface area is 351 Å². The summed E-state index contributed by atoms with van der Waals surface area (Å²) >= 11 is 0. The average Bonchev–Trinajstić information content (AvgIpc) is 3.07. The maximum Gasteiger partial charge on any atom is 0.268 e. The highest BCUT2D eigenvalue weighted by molar-refractivity contribution is 7.45. The summed E-state index contributed by atoms with van der Waals surface area (Å²) in [4.78, 5) is 12.5. The summed E-state index contributed by atoms with van der Waals surface area (Å²) in [5, 5.41) is 0. The van der Waals surface area contributed by atoms with E-state index in [1.54, 1.807) is 0 Å². The fourth-order valence-electron chi connectivity index (χ4n) is 7.59. The molecule has 0 aromatic heterocycles. The molecule has 0 aromatic rings. The Morgan fingerprint density at radius 2 is 0.786 bits per heavy atom. The Morgan fingerprint density at radius 1 is 0.446 bits per heavy atom. The van der Waals surface area contributed by atoms with E-state index in [4.69, 9.17) is 18.5 Å². The normalized spacial score (nSPS) is 17.5. The number of hydrogen-bond acceptors (Lipinski definition) is 6. The van der Waals surface area contributed by atoms with E-state index in [0.29, 0.717) is 42.7 Å². The lowest BCUT2D eigenvalue weighted by Gasteiger charge is -2.28. The van der Waals surface area contributed by atoms with Crippen LogP contribution in [0.1, 0.15) is 198 Å². The van der Waals surface area contributed by atoms with Gasteiger partial charge in [0.05, 0.1) is 34.4 Å². The van der Waals surface area contributed by atoms with E-state index in [9.17, 15) is 9.46 Å². The van der Waals surface area contributed by atoms with Crippen LogP contribution in [0.4, 0.5) is 0 Å². The lowest BCUT2D eigenvalue weighted by molar-refractivity contribution is -0.870. The van der Waals surface area contributed by atoms with Crippen LogP contribution in [0.15, 0.2) is 0 Å². The third-order valence-corrected chi connectivity index (χ3v) is 12.9. The molecule has 0 bridgehead atoms. The van der Waals surface area contributed by atoms with E-state index >= 15 is 0 Å². The summed E-state index contributed by atoms with van der Waals surface area (Å²) in [5.74, 6) is 6.10. The molecular weight excluding hydrogens is 718 g/mol. The van der Waals surface area contributed by atoms with Gasteiger partial charge in [-0.1, -0.05) is 185 Å². The van der Waals surface area contributed by atoms with Crippen molar-refractivity contribution in [3.05, 3.63) is 0 Å². The van der Waals surface area contributed by atoms with Gasteiger partial charge in [0.2, 0.25) is 0 Å². The fourth-order valence-corrected chi connectivity index (χ4v) is 8.32. The zero-order valence-electron chi connectivity index (χ0n) is 39.9. The lowest BCUT2D eigenvalue weighted by Crippen LogP contribution is -2.37. The minimum Gasteiger partial charge on any atom is -0.756 e. The van der Waals surface area contributed by atoms with Gasteiger partial charge in [0.15, 0.2) is 0 Å². The molecule has 0 spiro atoms. The Balaban J connectivity index is 4.55. The molecule has 0 fully saturated rings. The number of rotatable bonds is 40. The number of likely N-dealkylation sites (N-methyl/N-ethyl adjacent to an activating group) is 1. The standard InChI is InChI=1S/C48H100NO6P/c1-40(2)20-14-22-42(5)24-16-26-44(7)28-18-30-46(9)32-35-52-38-48(39-55-56(50,51)54-37-34-49(11,12)13)53-36-33-47(10)31-19-29-45(8)27-17-25-43(6)23-15-21-41(3)4/h40-48H,14-39H2,1-13H3. The number of phosphoric ester groups is 1. The highest BCUT2D eigenvalue weighted by Crippen LogP contribution is 2.38. The van der Waals surface area contributed by atoms with E-state index in [1.165, 1.54) is 116 Å². The molecule has 0 N–H and O–H groups in total. The van der Waals surface area contributed by atoms with Crippen molar-refractivity contribution in [1.82, 2.24) is 0 Å². The molecular formula is C48H100NO6P. The molecule has 0 aliphatic carbocycles. The van der Waals surface area contributed by atoms with Crippen LogP contribution in [0.5, 0.6) is 0 Å². The van der Waals surface area contributed by atoms with Crippen molar-refractivity contribution in [3.63, 3.8) is 0 Å². The van der Waals surface area contributed by atoms with E-state index in [0.717, 1.165) is 48.3 Å². The lowest BCUT2D eigenvalue weighted by atomic mass is 9.91. The predicted octanol–water partition coefficient (Wildman–Crippen LogP) is 13.5. The van der Waals surface area contributed by atoms with Gasteiger partial charge >= 0.3 is 0 Å². The van der Waals surface area contributed by atoms with Gasteiger partial charge in [-0.05, 0) is 60.2 Å². The molecule has 56 heavy (non-hydrogen) atoms. The quantitative estimate of drug-likeness (QED) is 0.0348. The van der Waals surface area contributed by atoms with Crippen LogP contribution in [0, 0.1) is 47.3 Å². The van der Waals surface area contributed by atoms with Gasteiger partial charge in [0.25, 0.3) is 7.82 Å². The molecule has 0 amide bonds. The van der Waals surface area contributed by atoms with E-state index in [1.807, 2.05) is 21.1 Å².